The second-order valence-corrected chi connectivity index (χ2v) is 7.77. The van der Waals surface area contributed by atoms with Gasteiger partial charge < -0.3 is 4.74 Å². The molecule has 140 valence electrons. The van der Waals surface area contributed by atoms with Crippen LogP contribution in [0.1, 0.15) is 36.5 Å². The van der Waals surface area contributed by atoms with Crippen LogP contribution in [0.5, 0.6) is 5.75 Å². The van der Waals surface area contributed by atoms with E-state index in [1.54, 1.807) is 0 Å². The summed E-state index contributed by atoms with van der Waals surface area (Å²) in [7, 11) is 0. The van der Waals surface area contributed by atoms with Crippen LogP contribution >= 0.6 is 11.3 Å². The quantitative estimate of drug-likeness (QED) is 0.608. The van der Waals surface area contributed by atoms with Crippen molar-refractivity contribution >= 4 is 22.4 Å². The fourth-order valence-corrected chi connectivity index (χ4v) is 3.61. The van der Waals surface area contributed by atoms with Crippen LogP contribution in [0.15, 0.2) is 47.8 Å². The Balaban J connectivity index is 1.57. The molecule has 3 aromatic rings. The average Bonchev–Trinajstić information content (AvgIpc) is 3.08. The molecule has 0 atom stereocenters. The van der Waals surface area contributed by atoms with E-state index >= 15 is 0 Å². The predicted molar refractivity (Wildman–Crippen MR) is 112 cm³/mol. The number of carbonyl (C=O) groups is 1. The molecule has 3 rings (SSSR count). The highest BCUT2D eigenvalue weighted by Gasteiger charge is 2.10. The summed E-state index contributed by atoms with van der Waals surface area (Å²) in [4.78, 5) is 16.6. The first-order valence-electron chi connectivity index (χ1n) is 8.98. The number of hydrogen-bond acceptors (Lipinski definition) is 4. The van der Waals surface area contributed by atoms with Gasteiger partial charge in [-0.05, 0) is 43.0 Å². The normalized spacial score (nSPS) is 10.9. The van der Waals surface area contributed by atoms with Crippen molar-refractivity contribution < 1.29 is 9.53 Å². The number of benzene rings is 2. The largest absolute Gasteiger partial charge is 0.484 e. The van der Waals surface area contributed by atoms with Gasteiger partial charge in [-0.3, -0.25) is 10.1 Å². The third-order valence-electron chi connectivity index (χ3n) is 4.33. The summed E-state index contributed by atoms with van der Waals surface area (Å²) in [6.45, 7) is 8.39. The Morgan fingerprint density at radius 3 is 2.56 bits per heavy atom. The lowest BCUT2D eigenvalue weighted by molar-refractivity contribution is -0.118. The van der Waals surface area contributed by atoms with Gasteiger partial charge in [-0.15, -0.1) is 11.3 Å². The molecule has 0 aliphatic rings. The van der Waals surface area contributed by atoms with Crippen molar-refractivity contribution in [1.82, 2.24) is 4.98 Å². The third-order valence-corrected chi connectivity index (χ3v) is 5.09. The lowest BCUT2D eigenvalue weighted by Crippen LogP contribution is -2.20. The monoisotopic (exact) mass is 380 g/mol. The van der Waals surface area contributed by atoms with Gasteiger partial charge in [0.1, 0.15) is 5.75 Å². The highest BCUT2D eigenvalue weighted by molar-refractivity contribution is 7.14. The smallest absolute Gasteiger partial charge is 0.264 e. The van der Waals surface area contributed by atoms with Crippen molar-refractivity contribution in [1.29, 1.82) is 0 Å². The minimum absolute atomic E-state index is 0.0418. The molecule has 27 heavy (non-hydrogen) atoms. The zero-order valence-corrected chi connectivity index (χ0v) is 16.9. The first kappa shape index (κ1) is 19.1. The number of aryl methyl sites for hydroxylation is 2. The Bertz CT molecular complexity index is 930. The van der Waals surface area contributed by atoms with Crippen LogP contribution in [0.2, 0.25) is 0 Å². The summed E-state index contributed by atoms with van der Waals surface area (Å²) in [6, 6.07) is 14.1. The Kier molecular flexibility index (Phi) is 5.91. The molecule has 0 aliphatic carbocycles. The van der Waals surface area contributed by atoms with Crippen LogP contribution in [0.3, 0.4) is 0 Å². The molecule has 0 radical (unpaired) electrons. The van der Waals surface area contributed by atoms with Gasteiger partial charge in [0.15, 0.2) is 11.7 Å². The molecule has 0 saturated carbocycles. The fraction of sp³-hybridized carbons (Fsp3) is 0.273. The number of ether oxygens (including phenoxy) is 1. The van der Waals surface area contributed by atoms with E-state index in [1.165, 1.54) is 28.0 Å². The topological polar surface area (TPSA) is 51.2 Å². The molecule has 4 nitrogen and oxygen atoms in total. The van der Waals surface area contributed by atoms with Gasteiger partial charge in [-0.1, -0.05) is 49.7 Å². The van der Waals surface area contributed by atoms with Crippen molar-refractivity contribution in [2.45, 2.75) is 33.6 Å². The summed E-state index contributed by atoms with van der Waals surface area (Å²) < 4.78 is 5.62. The molecule has 1 aromatic heterocycles. The maximum absolute atomic E-state index is 12.2. The van der Waals surface area contributed by atoms with Crippen molar-refractivity contribution in [3.8, 4) is 17.0 Å². The van der Waals surface area contributed by atoms with E-state index in [-0.39, 0.29) is 12.5 Å². The molecule has 0 aliphatic heterocycles. The van der Waals surface area contributed by atoms with Gasteiger partial charge in [0.05, 0.1) is 5.69 Å². The molecular formula is C22H24N2O2S. The van der Waals surface area contributed by atoms with Crippen LogP contribution in [0.25, 0.3) is 11.3 Å². The Labute approximate surface area is 164 Å². The summed E-state index contributed by atoms with van der Waals surface area (Å²) in [5.41, 5.74) is 5.56. The third kappa shape index (κ3) is 4.95. The zero-order valence-electron chi connectivity index (χ0n) is 16.1. The highest BCUT2D eigenvalue weighted by atomic mass is 32.1. The Hall–Kier alpha value is -2.66. The summed E-state index contributed by atoms with van der Waals surface area (Å²) in [5.74, 6) is 0.951. The highest BCUT2D eigenvalue weighted by Crippen LogP contribution is 2.26. The number of rotatable bonds is 6. The average molecular weight is 381 g/mol. The predicted octanol–water partition coefficient (Wildman–Crippen LogP) is 5.57. The number of hydrogen-bond donors (Lipinski definition) is 1. The van der Waals surface area contributed by atoms with E-state index < -0.39 is 0 Å². The molecule has 0 fully saturated rings. The van der Waals surface area contributed by atoms with Gasteiger partial charge in [-0.2, -0.15) is 0 Å². The minimum Gasteiger partial charge on any atom is -0.484 e. The maximum atomic E-state index is 12.2. The Morgan fingerprint density at radius 2 is 1.89 bits per heavy atom. The number of nitrogens with one attached hydrogen (secondary N) is 1. The van der Waals surface area contributed by atoms with E-state index in [9.17, 15) is 4.79 Å². The zero-order chi connectivity index (χ0) is 19.4. The lowest BCUT2D eigenvalue weighted by atomic mass is 9.98. The molecule has 1 N–H and O–H groups in total. The molecular weight excluding hydrogens is 356 g/mol. The van der Waals surface area contributed by atoms with Gasteiger partial charge in [0, 0.05) is 10.9 Å². The van der Waals surface area contributed by atoms with Crippen LogP contribution < -0.4 is 10.1 Å². The summed E-state index contributed by atoms with van der Waals surface area (Å²) in [5, 5.41) is 5.32. The second-order valence-electron chi connectivity index (χ2n) is 6.91. The number of nitrogens with zero attached hydrogens (tertiary/aromatic N) is 1. The molecule has 1 heterocycles. The molecule has 0 bridgehead atoms. The fourth-order valence-electron chi connectivity index (χ4n) is 2.88. The van der Waals surface area contributed by atoms with E-state index in [0.29, 0.717) is 16.8 Å². The van der Waals surface area contributed by atoms with Crippen LogP contribution in [0, 0.1) is 13.8 Å². The van der Waals surface area contributed by atoms with Gasteiger partial charge in [0.25, 0.3) is 5.91 Å². The minimum atomic E-state index is -0.217. The van der Waals surface area contributed by atoms with Crippen molar-refractivity contribution in [3.05, 3.63) is 64.5 Å². The van der Waals surface area contributed by atoms with E-state index in [4.69, 9.17) is 4.74 Å². The van der Waals surface area contributed by atoms with Crippen LogP contribution in [-0.2, 0) is 4.79 Å². The first-order chi connectivity index (χ1) is 12.9. The van der Waals surface area contributed by atoms with Gasteiger partial charge in [0.2, 0.25) is 0 Å². The van der Waals surface area contributed by atoms with Crippen molar-refractivity contribution in [2.75, 3.05) is 11.9 Å². The van der Waals surface area contributed by atoms with E-state index in [0.717, 1.165) is 11.3 Å². The lowest BCUT2D eigenvalue weighted by Gasteiger charge is -2.12. The SMILES string of the molecule is Cc1ccc(-c2csc(NC(=O)COc3ccc(C(C)C)c(C)c3)n2)cc1. The van der Waals surface area contributed by atoms with E-state index in [2.05, 4.69) is 37.1 Å². The maximum Gasteiger partial charge on any atom is 0.264 e. The van der Waals surface area contributed by atoms with Crippen molar-refractivity contribution in [2.24, 2.45) is 0 Å². The summed E-state index contributed by atoms with van der Waals surface area (Å²) in [6.07, 6.45) is 0. The van der Waals surface area contributed by atoms with Gasteiger partial charge in [-0.25, -0.2) is 4.98 Å². The second kappa shape index (κ2) is 8.35. The molecule has 5 heteroatoms. The number of aromatic nitrogens is 1. The first-order valence-corrected chi connectivity index (χ1v) is 9.86. The Morgan fingerprint density at radius 1 is 1.15 bits per heavy atom. The van der Waals surface area contributed by atoms with Crippen molar-refractivity contribution in [3.63, 3.8) is 0 Å². The number of anilines is 1. The van der Waals surface area contributed by atoms with Crippen LogP contribution in [-0.4, -0.2) is 17.5 Å². The summed E-state index contributed by atoms with van der Waals surface area (Å²) >= 11 is 1.41. The molecule has 1 amide bonds. The van der Waals surface area contributed by atoms with E-state index in [1.807, 2.05) is 48.7 Å². The molecule has 2 aromatic carbocycles. The van der Waals surface area contributed by atoms with Crippen LogP contribution in [0.4, 0.5) is 5.13 Å². The molecule has 0 unspecified atom stereocenters. The number of amides is 1. The van der Waals surface area contributed by atoms with Gasteiger partial charge >= 0.3 is 0 Å². The standard InChI is InChI=1S/C22H24N2O2S/c1-14(2)19-10-9-18(11-16(19)4)26-12-21(25)24-22-23-20(13-27-22)17-7-5-15(3)6-8-17/h5-11,13-14H,12H2,1-4H3,(H,23,24,25). The molecule has 0 spiro atoms. The number of thiazole rings is 1. The number of carbonyl (C=O) groups excluding carboxylic acids is 1. The molecule has 0 saturated heterocycles.